The van der Waals surface area contributed by atoms with Gasteiger partial charge in [-0.15, -0.1) is 0 Å². The van der Waals surface area contributed by atoms with Gasteiger partial charge < -0.3 is 10.5 Å². The van der Waals surface area contributed by atoms with Gasteiger partial charge in [-0.1, -0.05) is 30.3 Å². The topological polar surface area (TPSA) is 88.2 Å². The highest BCUT2D eigenvalue weighted by atomic mass is 19.1. The molecule has 4 rings (SSSR count). The summed E-state index contributed by atoms with van der Waals surface area (Å²) in [6, 6.07) is 13.5. The van der Waals surface area contributed by atoms with Crippen molar-refractivity contribution in [3.63, 3.8) is 0 Å². The Kier molecular flexibility index (Phi) is 6.50. The number of nitrogens with zero attached hydrogens (tertiary/aromatic N) is 3. The molecule has 32 heavy (non-hydrogen) atoms. The fourth-order valence-corrected chi connectivity index (χ4v) is 4.41. The lowest BCUT2D eigenvalue weighted by Gasteiger charge is -2.31. The molecule has 8 heteroatoms. The van der Waals surface area contributed by atoms with Gasteiger partial charge in [0, 0.05) is 23.5 Å². The number of likely N-dealkylation sites (tertiary alicyclic amines) is 1. The third-order valence-electron chi connectivity index (χ3n) is 6.17. The zero-order valence-corrected chi connectivity index (χ0v) is 18.0. The molecule has 2 amide bonds. The average molecular weight is 439 g/mol. The van der Waals surface area contributed by atoms with Crippen LogP contribution in [0.3, 0.4) is 0 Å². The van der Waals surface area contributed by atoms with E-state index in [1.165, 1.54) is 17.1 Å². The van der Waals surface area contributed by atoms with Crippen LogP contribution >= 0.6 is 0 Å². The van der Waals surface area contributed by atoms with Crippen molar-refractivity contribution in [3.8, 4) is 5.75 Å². The molecule has 2 N–H and O–H groups in total. The average Bonchev–Trinajstić information content (AvgIpc) is 3.25. The second kappa shape index (κ2) is 9.48. The number of piperidine rings is 1. The lowest BCUT2D eigenvalue weighted by atomic mass is 9.96. The Bertz CT molecular complexity index is 1030. The highest BCUT2D eigenvalue weighted by Gasteiger charge is 2.36. The van der Waals surface area contributed by atoms with E-state index in [4.69, 9.17) is 10.5 Å². The number of methoxy groups -OCH3 is 1. The number of primary amides is 1. The van der Waals surface area contributed by atoms with Crippen molar-refractivity contribution in [2.24, 2.45) is 16.8 Å². The molecular weight excluding hydrogens is 411 g/mol. The number of ether oxygens (including phenoxy) is 1. The summed E-state index contributed by atoms with van der Waals surface area (Å²) in [5.74, 6) is -0.234. The molecule has 1 fully saturated rings. The Balaban J connectivity index is 1.58. The predicted octanol–water partition coefficient (Wildman–Crippen LogP) is 2.71. The first-order valence-electron chi connectivity index (χ1n) is 10.8. The lowest BCUT2D eigenvalue weighted by molar-refractivity contribution is -0.134. The molecule has 0 radical (unpaired) electrons. The van der Waals surface area contributed by atoms with Crippen molar-refractivity contribution < 1.29 is 18.7 Å². The van der Waals surface area contributed by atoms with Crippen molar-refractivity contribution in [3.05, 3.63) is 65.5 Å². The number of hydrazone groups is 1. The van der Waals surface area contributed by atoms with Crippen molar-refractivity contribution in [2.75, 3.05) is 26.7 Å². The van der Waals surface area contributed by atoms with Gasteiger partial charge in [-0.05, 0) is 44.1 Å². The van der Waals surface area contributed by atoms with Crippen LogP contribution in [0.1, 0.15) is 36.4 Å². The zero-order chi connectivity index (χ0) is 22.7. The molecule has 2 aromatic rings. The van der Waals surface area contributed by atoms with E-state index in [0.717, 1.165) is 5.56 Å². The molecule has 2 heterocycles. The van der Waals surface area contributed by atoms with Gasteiger partial charge >= 0.3 is 0 Å². The van der Waals surface area contributed by atoms with Crippen LogP contribution in [-0.4, -0.2) is 54.2 Å². The van der Waals surface area contributed by atoms with Gasteiger partial charge in [0.1, 0.15) is 11.6 Å². The summed E-state index contributed by atoms with van der Waals surface area (Å²) in [7, 11) is 1.59. The van der Waals surface area contributed by atoms with E-state index in [0.29, 0.717) is 49.4 Å². The Morgan fingerprint density at radius 3 is 2.59 bits per heavy atom. The molecule has 168 valence electrons. The van der Waals surface area contributed by atoms with Gasteiger partial charge in [0.2, 0.25) is 5.91 Å². The van der Waals surface area contributed by atoms with Gasteiger partial charge in [0.15, 0.2) is 0 Å². The number of rotatable bonds is 6. The summed E-state index contributed by atoms with van der Waals surface area (Å²) in [6.45, 7) is 1.46. The van der Waals surface area contributed by atoms with E-state index in [2.05, 4.69) is 5.10 Å². The molecule has 1 unspecified atom stereocenters. The molecule has 2 aromatic carbocycles. The maximum atomic E-state index is 13.8. The SMILES string of the molecule is COc1ccccc1C1CC(c2cccc(F)c2)=NN1C(=O)CN1CCC(C(N)=O)CC1. The third-order valence-corrected chi connectivity index (χ3v) is 6.17. The van der Waals surface area contributed by atoms with Crippen molar-refractivity contribution in [1.29, 1.82) is 0 Å². The van der Waals surface area contributed by atoms with E-state index in [1.807, 2.05) is 29.2 Å². The summed E-state index contributed by atoms with van der Waals surface area (Å²) in [4.78, 5) is 26.8. The molecule has 1 saturated heterocycles. The summed E-state index contributed by atoms with van der Waals surface area (Å²) < 4.78 is 19.3. The number of halogens is 1. The smallest absolute Gasteiger partial charge is 0.257 e. The van der Waals surface area contributed by atoms with Crippen molar-refractivity contribution >= 4 is 17.5 Å². The highest BCUT2D eigenvalue weighted by molar-refractivity contribution is 6.03. The standard InChI is InChI=1S/C24H27FN4O3/c1-32-22-8-3-2-7-19(22)21-14-20(17-5-4-6-18(25)13-17)27-29(21)23(30)15-28-11-9-16(10-12-28)24(26)31/h2-8,13,16,21H,9-12,14-15H2,1H3,(H2,26,31). The van der Waals surface area contributed by atoms with Crippen molar-refractivity contribution in [2.45, 2.75) is 25.3 Å². The largest absolute Gasteiger partial charge is 0.496 e. The maximum Gasteiger partial charge on any atom is 0.257 e. The molecule has 0 saturated carbocycles. The number of benzene rings is 2. The number of amides is 2. The molecule has 0 spiro atoms. The lowest BCUT2D eigenvalue weighted by Crippen LogP contribution is -2.44. The monoisotopic (exact) mass is 438 g/mol. The first-order valence-corrected chi connectivity index (χ1v) is 10.8. The van der Waals surface area contributed by atoms with E-state index in [-0.39, 0.29) is 36.1 Å². The minimum absolute atomic E-state index is 0.132. The second-order valence-corrected chi connectivity index (χ2v) is 8.21. The van der Waals surface area contributed by atoms with Crippen LogP contribution in [-0.2, 0) is 9.59 Å². The van der Waals surface area contributed by atoms with Crippen LogP contribution in [0.25, 0.3) is 0 Å². The number of carbonyl (C=O) groups excluding carboxylic acids is 2. The normalized spacial score (nSPS) is 19.6. The summed E-state index contributed by atoms with van der Waals surface area (Å²) >= 11 is 0. The number of para-hydroxylation sites is 1. The molecular formula is C24H27FN4O3. The predicted molar refractivity (Wildman–Crippen MR) is 118 cm³/mol. The van der Waals surface area contributed by atoms with E-state index in [9.17, 15) is 14.0 Å². The highest BCUT2D eigenvalue weighted by Crippen LogP contribution is 2.37. The minimum Gasteiger partial charge on any atom is -0.496 e. The van der Waals surface area contributed by atoms with Gasteiger partial charge in [0.25, 0.3) is 5.91 Å². The fraction of sp³-hybridized carbons (Fsp3) is 0.375. The molecule has 0 bridgehead atoms. The Labute approximate surface area is 186 Å². The van der Waals surface area contributed by atoms with Gasteiger partial charge in [-0.3, -0.25) is 14.5 Å². The Hall–Kier alpha value is -3.26. The zero-order valence-electron chi connectivity index (χ0n) is 18.0. The van der Waals surface area contributed by atoms with Gasteiger partial charge in [-0.2, -0.15) is 5.10 Å². The van der Waals surface area contributed by atoms with Crippen LogP contribution in [0.15, 0.2) is 53.6 Å². The summed E-state index contributed by atoms with van der Waals surface area (Å²) in [5.41, 5.74) is 7.58. The Morgan fingerprint density at radius 2 is 1.91 bits per heavy atom. The maximum absolute atomic E-state index is 13.8. The van der Waals surface area contributed by atoms with Crippen LogP contribution < -0.4 is 10.5 Å². The van der Waals surface area contributed by atoms with Crippen LogP contribution in [0.2, 0.25) is 0 Å². The fourth-order valence-electron chi connectivity index (χ4n) is 4.41. The van der Waals surface area contributed by atoms with Crippen LogP contribution in [0.5, 0.6) is 5.75 Å². The van der Waals surface area contributed by atoms with Crippen LogP contribution in [0, 0.1) is 11.7 Å². The number of hydrogen-bond donors (Lipinski definition) is 1. The number of nitrogens with two attached hydrogens (primary N) is 1. The molecule has 2 aliphatic heterocycles. The summed E-state index contributed by atoms with van der Waals surface area (Å²) in [6.07, 6.45) is 1.76. The molecule has 0 aliphatic carbocycles. The van der Waals surface area contributed by atoms with Crippen molar-refractivity contribution in [1.82, 2.24) is 9.91 Å². The molecule has 2 aliphatic rings. The summed E-state index contributed by atoms with van der Waals surface area (Å²) in [5, 5.41) is 6.12. The molecule has 0 aromatic heterocycles. The Morgan fingerprint density at radius 1 is 1.16 bits per heavy atom. The van der Waals surface area contributed by atoms with E-state index in [1.54, 1.807) is 19.2 Å². The van der Waals surface area contributed by atoms with E-state index < -0.39 is 0 Å². The number of hydrogen-bond acceptors (Lipinski definition) is 5. The van der Waals surface area contributed by atoms with Gasteiger partial charge in [-0.25, -0.2) is 9.40 Å². The van der Waals surface area contributed by atoms with Gasteiger partial charge in [0.05, 0.1) is 25.4 Å². The first kappa shape index (κ1) is 22.0. The molecule has 7 nitrogen and oxygen atoms in total. The van der Waals surface area contributed by atoms with E-state index >= 15 is 0 Å². The quantitative estimate of drug-likeness (QED) is 0.751. The van der Waals surface area contributed by atoms with Crippen LogP contribution in [0.4, 0.5) is 4.39 Å². The number of carbonyl (C=O) groups is 2. The second-order valence-electron chi connectivity index (χ2n) is 8.21. The first-order chi connectivity index (χ1) is 15.5. The third kappa shape index (κ3) is 4.65. The minimum atomic E-state index is -0.347. The molecule has 1 atom stereocenters.